The number of aromatic nitrogens is 1. The van der Waals surface area contributed by atoms with Crippen LogP contribution in [0.25, 0.3) is 0 Å². The van der Waals surface area contributed by atoms with E-state index in [0.29, 0.717) is 6.04 Å². The summed E-state index contributed by atoms with van der Waals surface area (Å²) >= 11 is 0. The van der Waals surface area contributed by atoms with E-state index in [1.54, 1.807) is 6.26 Å². The summed E-state index contributed by atoms with van der Waals surface area (Å²) in [5.41, 5.74) is 1.26. The minimum Gasteiger partial charge on any atom is -0.469 e. The Balaban J connectivity index is 1.96. The Morgan fingerprint density at radius 3 is 2.89 bits per heavy atom. The van der Waals surface area contributed by atoms with Crippen LogP contribution in [0.2, 0.25) is 0 Å². The van der Waals surface area contributed by atoms with Crippen molar-refractivity contribution in [2.24, 2.45) is 0 Å². The fourth-order valence-corrected chi connectivity index (χ4v) is 2.04. The van der Waals surface area contributed by atoms with Crippen molar-refractivity contribution in [3.05, 3.63) is 54.2 Å². The maximum absolute atomic E-state index is 5.43. The van der Waals surface area contributed by atoms with Gasteiger partial charge in [-0.1, -0.05) is 13.0 Å². The van der Waals surface area contributed by atoms with Gasteiger partial charge in [-0.05, 0) is 43.1 Å². The molecule has 0 radical (unpaired) electrons. The molecule has 2 aromatic rings. The van der Waals surface area contributed by atoms with E-state index in [2.05, 4.69) is 23.3 Å². The number of hydrogen-bond donors (Lipinski definition) is 1. The van der Waals surface area contributed by atoms with Crippen molar-refractivity contribution in [3.63, 3.8) is 0 Å². The third-order valence-corrected chi connectivity index (χ3v) is 2.92. The van der Waals surface area contributed by atoms with Crippen LogP contribution in [-0.2, 0) is 12.8 Å². The molecule has 0 fully saturated rings. The van der Waals surface area contributed by atoms with Crippen LogP contribution in [0.1, 0.15) is 24.7 Å². The largest absolute Gasteiger partial charge is 0.469 e. The van der Waals surface area contributed by atoms with Crippen LogP contribution in [0.15, 0.2) is 47.3 Å². The van der Waals surface area contributed by atoms with E-state index in [0.717, 1.165) is 31.6 Å². The molecule has 1 N–H and O–H groups in total. The summed E-state index contributed by atoms with van der Waals surface area (Å²) < 4.78 is 5.43. The van der Waals surface area contributed by atoms with Crippen molar-refractivity contribution < 1.29 is 4.42 Å². The van der Waals surface area contributed by atoms with Gasteiger partial charge >= 0.3 is 0 Å². The predicted octanol–water partition coefficient (Wildman–Crippen LogP) is 2.83. The van der Waals surface area contributed by atoms with Crippen LogP contribution >= 0.6 is 0 Å². The Kier molecular flexibility index (Phi) is 4.97. The van der Waals surface area contributed by atoms with Crippen molar-refractivity contribution in [3.8, 4) is 0 Å². The van der Waals surface area contributed by atoms with Crippen molar-refractivity contribution in [1.29, 1.82) is 0 Å². The summed E-state index contributed by atoms with van der Waals surface area (Å²) in [5, 5.41) is 3.57. The molecule has 1 atom stereocenters. The van der Waals surface area contributed by atoms with E-state index in [4.69, 9.17) is 4.42 Å². The van der Waals surface area contributed by atoms with E-state index in [1.165, 1.54) is 5.56 Å². The summed E-state index contributed by atoms with van der Waals surface area (Å²) in [6.45, 7) is 3.21. The van der Waals surface area contributed by atoms with Gasteiger partial charge in [-0.15, -0.1) is 0 Å². The molecular formula is C15H20N2O. The second kappa shape index (κ2) is 6.97. The molecule has 3 heteroatoms. The van der Waals surface area contributed by atoms with Crippen LogP contribution in [0.4, 0.5) is 0 Å². The molecule has 0 bridgehead atoms. The van der Waals surface area contributed by atoms with Gasteiger partial charge in [-0.25, -0.2) is 0 Å². The van der Waals surface area contributed by atoms with E-state index in [9.17, 15) is 0 Å². The smallest absolute Gasteiger partial charge is 0.105 e. The molecule has 2 heterocycles. The highest BCUT2D eigenvalue weighted by Crippen LogP contribution is 2.09. The highest BCUT2D eigenvalue weighted by molar-refractivity contribution is 5.11. The first-order valence-corrected chi connectivity index (χ1v) is 6.53. The average molecular weight is 244 g/mol. The topological polar surface area (TPSA) is 38.1 Å². The molecular weight excluding hydrogens is 224 g/mol. The minimum absolute atomic E-state index is 0.403. The molecule has 0 amide bonds. The van der Waals surface area contributed by atoms with Gasteiger partial charge in [-0.2, -0.15) is 0 Å². The molecule has 0 saturated carbocycles. The summed E-state index contributed by atoms with van der Waals surface area (Å²) in [6, 6.07) is 8.48. The zero-order chi connectivity index (χ0) is 12.6. The Morgan fingerprint density at radius 2 is 2.22 bits per heavy atom. The molecule has 2 rings (SSSR count). The maximum Gasteiger partial charge on any atom is 0.105 e. The third kappa shape index (κ3) is 4.00. The number of pyridine rings is 1. The highest BCUT2D eigenvalue weighted by Gasteiger charge is 2.11. The Labute approximate surface area is 108 Å². The lowest BCUT2D eigenvalue weighted by atomic mass is 10.0. The first kappa shape index (κ1) is 12.8. The van der Waals surface area contributed by atoms with Gasteiger partial charge in [0.1, 0.15) is 5.76 Å². The van der Waals surface area contributed by atoms with Crippen LogP contribution < -0.4 is 5.32 Å². The fourth-order valence-electron chi connectivity index (χ4n) is 2.04. The highest BCUT2D eigenvalue weighted by atomic mass is 16.3. The summed E-state index contributed by atoms with van der Waals surface area (Å²) in [4.78, 5) is 4.16. The van der Waals surface area contributed by atoms with Gasteiger partial charge in [0.25, 0.3) is 0 Å². The Hall–Kier alpha value is -1.61. The molecule has 0 aromatic carbocycles. The van der Waals surface area contributed by atoms with Gasteiger partial charge in [0.15, 0.2) is 0 Å². The third-order valence-electron chi connectivity index (χ3n) is 2.92. The van der Waals surface area contributed by atoms with Crippen molar-refractivity contribution in [2.75, 3.05) is 6.54 Å². The molecule has 0 aliphatic heterocycles. The standard InChI is InChI=1S/C15H20N2O/c1-2-7-17-14(11-15-6-4-9-18-15)10-13-5-3-8-16-12-13/h3-6,8-9,12,14,17H,2,7,10-11H2,1H3. The lowest BCUT2D eigenvalue weighted by Gasteiger charge is -2.17. The van der Waals surface area contributed by atoms with Gasteiger partial charge in [-0.3, -0.25) is 4.98 Å². The Morgan fingerprint density at radius 1 is 1.28 bits per heavy atom. The zero-order valence-corrected chi connectivity index (χ0v) is 10.8. The predicted molar refractivity (Wildman–Crippen MR) is 72.4 cm³/mol. The number of nitrogens with zero attached hydrogens (tertiary/aromatic N) is 1. The van der Waals surface area contributed by atoms with Gasteiger partial charge < -0.3 is 9.73 Å². The Bertz CT molecular complexity index is 425. The van der Waals surface area contributed by atoms with Crippen LogP contribution in [-0.4, -0.2) is 17.6 Å². The molecule has 96 valence electrons. The van der Waals surface area contributed by atoms with Crippen molar-refractivity contribution in [2.45, 2.75) is 32.2 Å². The number of rotatable bonds is 7. The lowest BCUT2D eigenvalue weighted by Crippen LogP contribution is -2.33. The van der Waals surface area contributed by atoms with Gasteiger partial charge in [0, 0.05) is 24.9 Å². The molecule has 1 unspecified atom stereocenters. The van der Waals surface area contributed by atoms with Gasteiger partial charge in [0.05, 0.1) is 6.26 Å². The molecule has 0 saturated heterocycles. The maximum atomic E-state index is 5.43. The summed E-state index contributed by atoms with van der Waals surface area (Å²) in [7, 11) is 0. The van der Waals surface area contributed by atoms with Crippen LogP contribution in [0, 0.1) is 0 Å². The van der Waals surface area contributed by atoms with Crippen molar-refractivity contribution in [1.82, 2.24) is 10.3 Å². The number of furan rings is 1. The lowest BCUT2D eigenvalue weighted by molar-refractivity contribution is 0.438. The van der Waals surface area contributed by atoms with E-state index >= 15 is 0 Å². The zero-order valence-electron chi connectivity index (χ0n) is 10.8. The van der Waals surface area contributed by atoms with Crippen molar-refractivity contribution >= 4 is 0 Å². The van der Waals surface area contributed by atoms with E-state index in [1.807, 2.05) is 30.6 Å². The molecule has 3 nitrogen and oxygen atoms in total. The SMILES string of the molecule is CCCNC(Cc1cccnc1)Cc1ccco1. The monoisotopic (exact) mass is 244 g/mol. The molecule has 2 aromatic heterocycles. The second-order valence-corrected chi connectivity index (χ2v) is 4.50. The second-order valence-electron chi connectivity index (χ2n) is 4.50. The first-order chi connectivity index (χ1) is 8.88. The fraction of sp³-hybridized carbons (Fsp3) is 0.400. The molecule has 18 heavy (non-hydrogen) atoms. The summed E-state index contributed by atoms with van der Waals surface area (Å²) in [5.74, 6) is 1.03. The van der Waals surface area contributed by atoms with Crippen LogP contribution in [0.5, 0.6) is 0 Å². The van der Waals surface area contributed by atoms with E-state index < -0.39 is 0 Å². The molecule has 0 spiro atoms. The van der Waals surface area contributed by atoms with Gasteiger partial charge in [0.2, 0.25) is 0 Å². The average Bonchev–Trinajstić information content (AvgIpc) is 2.90. The number of nitrogens with one attached hydrogen (secondary N) is 1. The first-order valence-electron chi connectivity index (χ1n) is 6.53. The summed E-state index contributed by atoms with van der Waals surface area (Å²) in [6.07, 6.45) is 8.52. The normalized spacial score (nSPS) is 12.5. The number of hydrogen-bond acceptors (Lipinski definition) is 3. The van der Waals surface area contributed by atoms with E-state index in [-0.39, 0.29) is 0 Å². The minimum atomic E-state index is 0.403. The molecule has 0 aliphatic rings. The quantitative estimate of drug-likeness (QED) is 0.814. The molecule has 0 aliphatic carbocycles. The van der Waals surface area contributed by atoms with Crippen LogP contribution in [0.3, 0.4) is 0 Å².